The van der Waals surface area contributed by atoms with E-state index in [0.29, 0.717) is 19.8 Å². The number of carbonyl (C=O) groups is 1. The summed E-state index contributed by atoms with van der Waals surface area (Å²) in [5.41, 5.74) is 1.11. The number of alkyl halides is 1. The lowest BCUT2D eigenvalue weighted by atomic mass is 10.2. The van der Waals surface area contributed by atoms with Gasteiger partial charge in [0.2, 0.25) is 0 Å². The lowest BCUT2D eigenvalue weighted by Crippen LogP contribution is -2.49. The number of rotatable bonds is 2. The first-order valence-electron chi connectivity index (χ1n) is 5.34. The number of aryl methyl sites for hydroxylation is 1. The molecule has 2 heterocycles. The molecule has 0 aliphatic carbocycles. The molecule has 3 nitrogen and oxygen atoms in total. The van der Waals surface area contributed by atoms with E-state index in [4.69, 9.17) is 4.74 Å². The van der Waals surface area contributed by atoms with Gasteiger partial charge in [-0.2, -0.15) is 0 Å². The number of thiophene rings is 1. The maximum atomic E-state index is 12.4. The summed E-state index contributed by atoms with van der Waals surface area (Å²) in [7, 11) is 0. The van der Waals surface area contributed by atoms with Gasteiger partial charge in [-0.05, 0) is 34.5 Å². The summed E-state index contributed by atoms with van der Waals surface area (Å²) < 4.78 is 6.42. The standard InChI is InChI=1S/C11H13Br2NO2S/c1-7-4-9(17-10(7)13)11(15)14-2-3-16-6-8(14)5-12/h4,8H,2-3,5-6H2,1H3. The summed E-state index contributed by atoms with van der Waals surface area (Å²) in [6.45, 7) is 3.91. The van der Waals surface area contributed by atoms with Crippen molar-refractivity contribution in [2.24, 2.45) is 0 Å². The summed E-state index contributed by atoms with van der Waals surface area (Å²) in [6, 6.07) is 2.08. The molecule has 0 bridgehead atoms. The fraction of sp³-hybridized carbons (Fsp3) is 0.545. The average Bonchev–Trinajstić information content (AvgIpc) is 2.68. The van der Waals surface area contributed by atoms with E-state index in [1.807, 2.05) is 17.9 Å². The minimum atomic E-state index is 0.108. The highest BCUT2D eigenvalue weighted by molar-refractivity contribution is 9.11. The van der Waals surface area contributed by atoms with E-state index in [2.05, 4.69) is 31.9 Å². The third-order valence-corrected chi connectivity index (χ3v) is 5.61. The summed E-state index contributed by atoms with van der Waals surface area (Å²) in [4.78, 5) is 15.1. The number of amides is 1. The van der Waals surface area contributed by atoms with Crippen molar-refractivity contribution in [3.63, 3.8) is 0 Å². The number of morpholine rings is 1. The molecule has 1 aliphatic heterocycles. The van der Waals surface area contributed by atoms with E-state index in [0.717, 1.165) is 19.6 Å². The van der Waals surface area contributed by atoms with Crippen LogP contribution in [0.25, 0.3) is 0 Å². The van der Waals surface area contributed by atoms with Crippen molar-refractivity contribution >= 4 is 49.1 Å². The molecule has 17 heavy (non-hydrogen) atoms. The first kappa shape index (κ1) is 13.5. The van der Waals surface area contributed by atoms with Gasteiger partial charge in [-0.15, -0.1) is 11.3 Å². The van der Waals surface area contributed by atoms with Gasteiger partial charge < -0.3 is 9.64 Å². The minimum Gasteiger partial charge on any atom is -0.377 e. The predicted molar refractivity (Wildman–Crippen MR) is 76.2 cm³/mol. The molecular formula is C11H13Br2NO2S. The minimum absolute atomic E-state index is 0.108. The summed E-state index contributed by atoms with van der Waals surface area (Å²) >= 11 is 8.38. The molecule has 2 rings (SSSR count). The van der Waals surface area contributed by atoms with Crippen LogP contribution in [0.2, 0.25) is 0 Å². The molecule has 0 radical (unpaired) electrons. The Bertz CT molecular complexity index is 402. The third-order valence-electron chi connectivity index (χ3n) is 2.73. The fourth-order valence-electron chi connectivity index (χ4n) is 1.76. The van der Waals surface area contributed by atoms with Crippen LogP contribution in [0.4, 0.5) is 0 Å². The molecule has 1 aromatic heterocycles. The Kier molecular flexibility index (Phi) is 4.63. The molecule has 1 aliphatic rings. The van der Waals surface area contributed by atoms with Gasteiger partial charge in [0.1, 0.15) is 0 Å². The highest BCUT2D eigenvalue weighted by atomic mass is 79.9. The van der Waals surface area contributed by atoms with Crippen LogP contribution in [-0.4, -0.2) is 41.9 Å². The van der Waals surface area contributed by atoms with Crippen LogP contribution >= 0.6 is 43.2 Å². The number of hydrogen-bond donors (Lipinski definition) is 0. The zero-order chi connectivity index (χ0) is 12.4. The predicted octanol–water partition coefficient (Wildman–Crippen LogP) is 3.05. The lowest BCUT2D eigenvalue weighted by Gasteiger charge is -2.34. The van der Waals surface area contributed by atoms with Crippen LogP contribution in [0.3, 0.4) is 0 Å². The second-order valence-corrected chi connectivity index (χ2v) is 6.97. The van der Waals surface area contributed by atoms with Gasteiger partial charge >= 0.3 is 0 Å². The van der Waals surface area contributed by atoms with E-state index in [-0.39, 0.29) is 11.9 Å². The molecule has 1 fully saturated rings. The van der Waals surface area contributed by atoms with Crippen LogP contribution < -0.4 is 0 Å². The molecule has 94 valence electrons. The number of ether oxygens (including phenoxy) is 1. The number of carbonyl (C=O) groups excluding carboxylic acids is 1. The van der Waals surface area contributed by atoms with Gasteiger partial charge in [-0.25, -0.2) is 0 Å². The highest BCUT2D eigenvalue weighted by Crippen LogP contribution is 2.29. The number of nitrogens with zero attached hydrogens (tertiary/aromatic N) is 1. The van der Waals surface area contributed by atoms with Gasteiger partial charge in [-0.1, -0.05) is 15.9 Å². The zero-order valence-corrected chi connectivity index (χ0v) is 13.4. The Morgan fingerprint density at radius 1 is 1.71 bits per heavy atom. The Labute approximate surface area is 121 Å². The molecule has 0 saturated carbocycles. The van der Waals surface area contributed by atoms with E-state index in [1.54, 1.807) is 0 Å². The van der Waals surface area contributed by atoms with E-state index < -0.39 is 0 Å². The van der Waals surface area contributed by atoms with Crippen molar-refractivity contribution in [2.45, 2.75) is 13.0 Å². The maximum Gasteiger partial charge on any atom is 0.264 e. The molecule has 0 N–H and O–H groups in total. The molecular weight excluding hydrogens is 370 g/mol. The highest BCUT2D eigenvalue weighted by Gasteiger charge is 2.28. The van der Waals surface area contributed by atoms with Crippen molar-refractivity contribution in [3.8, 4) is 0 Å². The van der Waals surface area contributed by atoms with Crippen molar-refractivity contribution in [1.29, 1.82) is 0 Å². The normalized spacial score (nSPS) is 20.6. The van der Waals surface area contributed by atoms with Crippen molar-refractivity contribution in [2.75, 3.05) is 25.1 Å². The van der Waals surface area contributed by atoms with Crippen molar-refractivity contribution in [1.82, 2.24) is 4.90 Å². The zero-order valence-electron chi connectivity index (χ0n) is 9.41. The molecule has 1 amide bonds. The van der Waals surface area contributed by atoms with E-state index >= 15 is 0 Å². The average molecular weight is 383 g/mol. The van der Waals surface area contributed by atoms with Gasteiger partial charge in [-0.3, -0.25) is 4.79 Å². The van der Waals surface area contributed by atoms with Crippen LogP contribution in [0.5, 0.6) is 0 Å². The van der Waals surface area contributed by atoms with Gasteiger partial charge in [0.15, 0.2) is 0 Å². The number of halogens is 2. The van der Waals surface area contributed by atoms with Crippen LogP contribution in [0.15, 0.2) is 9.85 Å². The van der Waals surface area contributed by atoms with Crippen LogP contribution in [0.1, 0.15) is 15.2 Å². The third kappa shape index (κ3) is 2.92. The molecule has 0 aromatic carbocycles. The molecule has 6 heteroatoms. The lowest BCUT2D eigenvalue weighted by molar-refractivity contribution is 0.00552. The van der Waals surface area contributed by atoms with Gasteiger partial charge in [0.25, 0.3) is 5.91 Å². The van der Waals surface area contributed by atoms with E-state index in [9.17, 15) is 4.79 Å². The Balaban J connectivity index is 2.18. The van der Waals surface area contributed by atoms with Gasteiger partial charge in [0.05, 0.1) is 27.9 Å². The largest absolute Gasteiger partial charge is 0.377 e. The number of hydrogen-bond acceptors (Lipinski definition) is 3. The summed E-state index contributed by atoms with van der Waals surface area (Å²) in [5.74, 6) is 0.108. The molecule has 1 saturated heterocycles. The maximum absolute atomic E-state index is 12.4. The first-order valence-corrected chi connectivity index (χ1v) is 8.07. The monoisotopic (exact) mass is 381 g/mol. The fourth-order valence-corrected chi connectivity index (χ4v) is 3.78. The van der Waals surface area contributed by atoms with Crippen molar-refractivity contribution in [3.05, 3.63) is 20.3 Å². The molecule has 0 spiro atoms. The van der Waals surface area contributed by atoms with Crippen LogP contribution in [0, 0.1) is 6.92 Å². The second kappa shape index (κ2) is 5.82. The first-order chi connectivity index (χ1) is 8.13. The van der Waals surface area contributed by atoms with Crippen LogP contribution in [-0.2, 0) is 4.74 Å². The molecule has 1 atom stereocenters. The Hall–Kier alpha value is 0.0900. The smallest absolute Gasteiger partial charge is 0.264 e. The summed E-state index contributed by atoms with van der Waals surface area (Å²) in [6.07, 6.45) is 0. The topological polar surface area (TPSA) is 29.5 Å². The SMILES string of the molecule is Cc1cc(C(=O)N2CCOCC2CBr)sc1Br. The Morgan fingerprint density at radius 2 is 2.47 bits per heavy atom. The second-order valence-electron chi connectivity index (χ2n) is 3.95. The van der Waals surface area contributed by atoms with E-state index in [1.165, 1.54) is 11.3 Å². The van der Waals surface area contributed by atoms with Crippen molar-refractivity contribution < 1.29 is 9.53 Å². The summed E-state index contributed by atoms with van der Waals surface area (Å²) in [5, 5.41) is 0.754. The van der Waals surface area contributed by atoms with Gasteiger partial charge in [0, 0.05) is 11.9 Å². The molecule has 1 aromatic rings. The quantitative estimate of drug-likeness (QED) is 0.735. The Morgan fingerprint density at radius 3 is 3.06 bits per heavy atom. The molecule has 1 unspecified atom stereocenters.